The predicted octanol–water partition coefficient (Wildman–Crippen LogP) is 17.6. The molecule has 0 bridgehead atoms. The van der Waals surface area contributed by atoms with E-state index in [4.69, 9.17) is 6.57 Å². The van der Waals surface area contributed by atoms with Crippen molar-refractivity contribution in [2.24, 2.45) is 0 Å². The second-order valence-corrected chi connectivity index (χ2v) is 20.2. The van der Waals surface area contributed by atoms with E-state index in [0.29, 0.717) is 5.69 Å². The van der Waals surface area contributed by atoms with Crippen LogP contribution in [0.25, 0.3) is 49.0 Å². The van der Waals surface area contributed by atoms with Crippen LogP contribution in [-0.2, 0) is 16.2 Å². The summed E-state index contributed by atoms with van der Waals surface area (Å²) in [7, 11) is 0. The van der Waals surface area contributed by atoms with Gasteiger partial charge >= 0.3 is 0 Å². The van der Waals surface area contributed by atoms with Crippen molar-refractivity contribution in [1.29, 1.82) is 0 Å². The number of hydrogen-bond acceptors (Lipinski definition) is 2. The zero-order chi connectivity index (χ0) is 45.3. The highest BCUT2D eigenvalue weighted by Gasteiger charge is 2.41. The molecular formula is C63H51N3. The van der Waals surface area contributed by atoms with Gasteiger partial charge in [-0.05, 0) is 146 Å². The summed E-state index contributed by atoms with van der Waals surface area (Å²) in [6.45, 7) is 24.1. The predicted molar refractivity (Wildman–Crippen MR) is 277 cm³/mol. The molecule has 0 aromatic heterocycles. The fourth-order valence-electron chi connectivity index (χ4n) is 11.8. The minimum Gasteiger partial charge on any atom is -0.311 e. The normalized spacial score (nSPS) is 14.9. The number of rotatable bonds is 6. The highest BCUT2D eigenvalue weighted by Crippen LogP contribution is 2.57. The van der Waals surface area contributed by atoms with Gasteiger partial charge in [-0.15, -0.1) is 0 Å². The molecule has 12 rings (SSSR count). The van der Waals surface area contributed by atoms with E-state index in [0.717, 1.165) is 28.4 Å². The number of hydrogen-bond donors (Lipinski definition) is 0. The molecule has 0 spiro atoms. The van der Waals surface area contributed by atoms with Crippen molar-refractivity contribution in [2.75, 3.05) is 9.80 Å². The van der Waals surface area contributed by atoms with Crippen LogP contribution in [0.5, 0.6) is 0 Å². The zero-order valence-corrected chi connectivity index (χ0v) is 38.7. The Hall–Kier alpha value is -7.67. The molecule has 0 aliphatic heterocycles. The number of aryl methyl sites for hydroxylation is 1. The summed E-state index contributed by atoms with van der Waals surface area (Å²) >= 11 is 0. The van der Waals surface area contributed by atoms with Crippen molar-refractivity contribution in [3.63, 3.8) is 0 Å². The molecule has 3 aliphatic carbocycles. The van der Waals surface area contributed by atoms with Crippen LogP contribution in [0, 0.1) is 13.5 Å². The monoisotopic (exact) mass is 849 g/mol. The quantitative estimate of drug-likeness (QED) is 0.154. The van der Waals surface area contributed by atoms with Crippen LogP contribution in [-0.4, -0.2) is 0 Å². The molecule has 9 aromatic rings. The molecule has 3 nitrogen and oxygen atoms in total. The fraction of sp³-hybridized carbons (Fsp3) is 0.159. The van der Waals surface area contributed by atoms with Crippen molar-refractivity contribution in [3.05, 3.63) is 232 Å². The standard InChI is InChI=1S/C63H51N3/c1-39-21-25-42(26-22-39)66(45-30-33-49-47-16-12-14-20-54(47)62(4,5)56(49)37-45)59-38-58-60(51-18-10-9-17-50(51)59)52-34-31-44(36-57(52)63(58,6)7)65(41-27-23-40(64-8)24-28-41)43-29-32-48-46-15-11-13-19-53(46)61(2,3)55(48)35-43/h9-38H,1-7H3. The lowest BCUT2D eigenvalue weighted by Crippen LogP contribution is -2.19. The Morgan fingerprint density at radius 3 is 1.33 bits per heavy atom. The van der Waals surface area contributed by atoms with Gasteiger partial charge in [0.15, 0.2) is 5.69 Å². The average Bonchev–Trinajstić information content (AvgIpc) is 3.81. The molecule has 9 aromatic carbocycles. The van der Waals surface area contributed by atoms with Gasteiger partial charge in [0.05, 0.1) is 12.3 Å². The van der Waals surface area contributed by atoms with Crippen molar-refractivity contribution < 1.29 is 0 Å². The van der Waals surface area contributed by atoms with Crippen LogP contribution in [0.1, 0.15) is 80.5 Å². The van der Waals surface area contributed by atoms with E-state index in [9.17, 15) is 0 Å². The third-order valence-corrected chi connectivity index (χ3v) is 15.3. The Morgan fingerprint density at radius 2 is 0.773 bits per heavy atom. The molecule has 0 heterocycles. The van der Waals surface area contributed by atoms with Gasteiger partial charge in [0.2, 0.25) is 0 Å². The van der Waals surface area contributed by atoms with E-state index in [1.165, 1.54) is 88.8 Å². The molecule has 0 saturated carbocycles. The second-order valence-electron chi connectivity index (χ2n) is 20.2. The molecule has 318 valence electrons. The van der Waals surface area contributed by atoms with Crippen molar-refractivity contribution in [1.82, 2.24) is 0 Å². The number of fused-ring (bicyclic) bond motifs is 11. The van der Waals surface area contributed by atoms with E-state index in [2.05, 4.69) is 233 Å². The average molecular weight is 850 g/mol. The maximum Gasteiger partial charge on any atom is 0.187 e. The summed E-state index contributed by atoms with van der Waals surface area (Å²) in [5, 5.41) is 2.47. The Labute approximate surface area is 389 Å². The van der Waals surface area contributed by atoms with Gasteiger partial charge in [0.25, 0.3) is 0 Å². The Morgan fingerprint density at radius 1 is 0.364 bits per heavy atom. The van der Waals surface area contributed by atoms with Crippen LogP contribution < -0.4 is 9.80 Å². The summed E-state index contributed by atoms with van der Waals surface area (Å²) in [5.41, 5.74) is 23.8. The van der Waals surface area contributed by atoms with E-state index < -0.39 is 0 Å². The van der Waals surface area contributed by atoms with Crippen LogP contribution in [0.15, 0.2) is 182 Å². The number of nitrogens with zero attached hydrogens (tertiary/aromatic N) is 3. The van der Waals surface area contributed by atoms with Gasteiger partial charge in [-0.2, -0.15) is 0 Å². The van der Waals surface area contributed by atoms with Crippen molar-refractivity contribution >= 4 is 50.6 Å². The highest BCUT2D eigenvalue weighted by molar-refractivity contribution is 6.10. The SMILES string of the molecule is [C-]#[N+]c1ccc(N(c2ccc3c(c2)C(C)(C)c2ccccc2-3)c2ccc3c(c2)C(C)(C)c2cc(N(c4ccc(C)cc4)c4ccc5c(c4)C(C)(C)c4ccccc4-5)c4ccccc4c2-3)cc1. The van der Waals surface area contributed by atoms with Gasteiger partial charge in [-0.1, -0.05) is 162 Å². The smallest absolute Gasteiger partial charge is 0.187 e. The third kappa shape index (κ3) is 5.67. The molecule has 0 unspecified atom stereocenters. The van der Waals surface area contributed by atoms with Crippen LogP contribution in [0.3, 0.4) is 0 Å². The van der Waals surface area contributed by atoms with Crippen molar-refractivity contribution in [3.8, 4) is 33.4 Å². The minimum absolute atomic E-state index is 0.129. The van der Waals surface area contributed by atoms with E-state index in [1.54, 1.807) is 0 Å². The second kappa shape index (κ2) is 14.2. The highest BCUT2D eigenvalue weighted by atomic mass is 15.1. The van der Waals surface area contributed by atoms with E-state index in [-0.39, 0.29) is 16.2 Å². The minimum atomic E-state index is -0.332. The van der Waals surface area contributed by atoms with E-state index >= 15 is 0 Å². The third-order valence-electron chi connectivity index (χ3n) is 15.3. The van der Waals surface area contributed by atoms with Crippen LogP contribution in [0.2, 0.25) is 0 Å². The van der Waals surface area contributed by atoms with Crippen LogP contribution in [0.4, 0.5) is 39.8 Å². The first kappa shape index (κ1) is 39.9. The first-order valence-corrected chi connectivity index (χ1v) is 23.2. The molecule has 3 heteroatoms. The molecule has 0 N–H and O–H groups in total. The molecule has 0 amide bonds. The molecular weight excluding hydrogens is 799 g/mol. The number of anilines is 6. The maximum absolute atomic E-state index is 7.72. The van der Waals surface area contributed by atoms with Gasteiger partial charge in [0.1, 0.15) is 0 Å². The summed E-state index contributed by atoms with van der Waals surface area (Å²) in [5.74, 6) is 0. The molecule has 0 atom stereocenters. The Balaban J connectivity index is 1.03. The summed E-state index contributed by atoms with van der Waals surface area (Å²) in [4.78, 5) is 8.61. The first-order valence-electron chi connectivity index (χ1n) is 23.2. The summed E-state index contributed by atoms with van der Waals surface area (Å²) in [6, 6.07) is 67.4. The van der Waals surface area contributed by atoms with Gasteiger partial charge < -0.3 is 9.80 Å². The lowest BCUT2D eigenvalue weighted by atomic mass is 9.81. The first-order chi connectivity index (χ1) is 31.9. The van der Waals surface area contributed by atoms with Crippen LogP contribution >= 0.6 is 0 Å². The Bertz CT molecular complexity index is 3530. The molecule has 66 heavy (non-hydrogen) atoms. The topological polar surface area (TPSA) is 10.8 Å². The molecule has 0 radical (unpaired) electrons. The lowest BCUT2D eigenvalue weighted by molar-refractivity contribution is 0.660. The molecule has 0 fully saturated rings. The zero-order valence-electron chi connectivity index (χ0n) is 38.7. The van der Waals surface area contributed by atoms with Gasteiger partial charge in [0, 0.05) is 50.1 Å². The molecule has 3 aliphatic rings. The number of benzene rings is 9. The van der Waals surface area contributed by atoms with Crippen molar-refractivity contribution in [2.45, 2.75) is 64.7 Å². The molecule has 0 saturated heterocycles. The van der Waals surface area contributed by atoms with Gasteiger partial charge in [-0.3, -0.25) is 0 Å². The maximum atomic E-state index is 7.72. The van der Waals surface area contributed by atoms with E-state index in [1.807, 2.05) is 12.1 Å². The Kier molecular flexibility index (Phi) is 8.56. The fourth-order valence-corrected chi connectivity index (χ4v) is 11.8. The summed E-state index contributed by atoms with van der Waals surface area (Å²) in [6.07, 6.45) is 0. The largest absolute Gasteiger partial charge is 0.311 e. The lowest BCUT2D eigenvalue weighted by Gasteiger charge is -2.31. The summed E-state index contributed by atoms with van der Waals surface area (Å²) < 4.78 is 0. The van der Waals surface area contributed by atoms with Gasteiger partial charge in [-0.25, -0.2) is 4.85 Å².